The SMILES string of the molecule is c1ccc(Oc2ccc(C(C3CCCCC3)N3CCN(C4CCCCC4)CC3)cc2)nc1. The Hall–Kier alpha value is -1.91. The molecule has 1 aliphatic heterocycles. The van der Waals surface area contributed by atoms with Gasteiger partial charge in [-0.3, -0.25) is 9.80 Å². The van der Waals surface area contributed by atoms with Crippen molar-refractivity contribution in [3.63, 3.8) is 0 Å². The molecule has 0 spiro atoms. The van der Waals surface area contributed by atoms with Crippen molar-refractivity contribution in [2.45, 2.75) is 76.3 Å². The van der Waals surface area contributed by atoms with E-state index < -0.39 is 0 Å². The Labute approximate surface area is 194 Å². The Kier molecular flexibility index (Phi) is 7.40. The van der Waals surface area contributed by atoms with Crippen LogP contribution in [0, 0.1) is 5.92 Å². The minimum absolute atomic E-state index is 0.549. The maximum Gasteiger partial charge on any atom is 0.219 e. The third kappa shape index (κ3) is 5.35. The van der Waals surface area contributed by atoms with Crippen LogP contribution in [0.3, 0.4) is 0 Å². The third-order valence-corrected chi connectivity index (χ3v) is 8.01. The molecule has 4 heteroatoms. The van der Waals surface area contributed by atoms with E-state index >= 15 is 0 Å². The van der Waals surface area contributed by atoms with E-state index in [-0.39, 0.29) is 0 Å². The Balaban J connectivity index is 1.28. The van der Waals surface area contributed by atoms with Gasteiger partial charge in [0.15, 0.2) is 0 Å². The lowest BCUT2D eigenvalue weighted by molar-refractivity contribution is 0.0318. The fourth-order valence-corrected chi connectivity index (χ4v) is 6.32. The summed E-state index contributed by atoms with van der Waals surface area (Å²) in [6, 6.07) is 16.1. The number of aromatic nitrogens is 1. The lowest BCUT2D eigenvalue weighted by Gasteiger charge is -2.46. The number of hydrogen-bond acceptors (Lipinski definition) is 4. The second-order valence-electron chi connectivity index (χ2n) is 10.0. The molecule has 3 fully saturated rings. The summed E-state index contributed by atoms with van der Waals surface area (Å²) >= 11 is 0. The molecule has 1 atom stereocenters. The van der Waals surface area contributed by atoms with Gasteiger partial charge in [-0.2, -0.15) is 0 Å². The summed E-state index contributed by atoms with van der Waals surface area (Å²) in [5, 5.41) is 0. The number of ether oxygens (including phenoxy) is 1. The van der Waals surface area contributed by atoms with Crippen molar-refractivity contribution < 1.29 is 4.74 Å². The smallest absolute Gasteiger partial charge is 0.219 e. The van der Waals surface area contributed by atoms with Gasteiger partial charge in [0.25, 0.3) is 0 Å². The molecular formula is C28H39N3O. The van der Waals surface area contributed by atoms with Crippen LogP contribution in [0.2, 0.25) is 0 Å². The van der Waals surface area contributed by atoms with Crippen molar-refractivity contribution >= 4 is 0 Å². The molecule has 1 aromatic carbocycles. The molecule has 0 N–H and O–H groups in total. The van der Waals surface area contributed by atoms with Gasteiger partial charge < -0.3 is 4.74 Å². The molecule has 0 bridgehead atoms. The molecule has 1 saturated heterocycles. The zero-order valence-electron chi connectivity index (χ0n) is 19.5. The highest BCUT2D eigenvalue weighted by atomic mass is 16.5. The summed E-state index contributed by atoms with van der Waals surface area (Å²) in [5.41, 5.74) is 1.47. The van der Waals surface area contributed by atoms with Crippen LogP contribution in [-0.2, 0) is 0 Å². The first-order valence-electron chi connectivity index (χ1n) is 13.0. The van der Waals surface area contributed by atoms with Gasteiger partial charge in [-0.05, 0) is 55.4 Å². The Morgan fingerprint density at radius 2 is 1.44 bits per heavy atom. The van der Waals surface area contributed by atoms with Crippen molar-refractivity contribution in [1.29, 1.82) is 0 Å². The molecule has 0 radical (unpaired) electrons. The second-order valence-corrected chi connectivity index (χ2v) is 10.0. The van der Waals surface area contributed by atoms with E-state index in [1.165, 1.54) is 96.0 Å². The summed E-state index contributed by atoms with van der Waals surface area (Å²) < 4.78 is 5.95. The molecule has 0 amide bonds. The van der Waals surface area contributed by atoms with Gasteiger partial charge in [0.1, 0.15) is 5.75 Å². The molecule has 3 aliphatic rings. The maximum atomic E-state index is 5.95. The average molecular weight is 434 g/mol. The highest BCUT2D eigenvalue weighted by Gasteiger charge is 2.33. The topological polar surface area (TPSA) is 28.6 Å². The number of hydrogen-bond donors (Lipinski definition) is 0. The summed E-state index contributed by atoms with van der Waals surface area (Å²) in [6.45, 7) is 4.91. The first kappa shape index (κ1) is 21.9. The van der Waals surface area contributed by atoms with Crippen LogP contribution in [0.5, 0.6) is 11.6 Å². The van der Waals surface area contributed by atoms with E-state index in [1.54, 1.807) is 6.20 Å². The summed E-state index contributed by atoms with van der Waals surface area (Å²) in [6.07, 6.45) is 15.9. The van der Waals surface area contributed by atoms with Crippen LogP contribution < -0.4 is 4.74 Å². The van der Waals surface area contributed by atoms with Crippen molar-refractivity contribution in [3.05, 3.63) is 54.2 Å². The minimum atomic E-state index is 0.549. The zero-order chi connectivity index (χ0) is 21.6. The van der Waals surface area contributed by atoms with Crippen molar-refractivity contribution in [1.82, 2.24) is 14.8 Å². The Bertz CT molecular complexity index is 804. The van der Waals surface area contributed by atoms with E-state index in [0.717, 1.165) is 17.7 Å². The van der Waals surface area contributed by atoms with Crippen LogP contribution in [0.1, 0.15) is 75.8 Å². The average Bonchev–Trinajstić information content (AvgIpc) is 2.88. The molecule has 2 saturated carbocycles. The fraction of sp³-hybridized carbons (Fsp3) is 0.607. The molecule has 1 aromatic heterocycles. The lowest BCUT2D eigenvalue weighted by atomic mass is 9.80. The first-order valence-corrected chi connectivity index (χ1v) is 13.0. The normalized spacial score (nSPS) is 23.1. The summed E-state index contributed by atoms with van der Waals surface area (Å²) in [5.74, 6) is 2.31. The van der Waals surface area contributed by atoms with Gasteiger partial charge in [0, 0.05) is 50.5 Å². The standard InChI is InChI=1S/C28H39N3O/c1-3-9-23(10-4-1)28(31-21-19-30(20-22-31)25-11-5-2-6-12-25)24-14-16-26(17-15-24)32-27-13-7-8-18-29-27/h7-8,13-18,23,25,28H,1-6,9-12,19-22H2. The van der Waals surface area contributed by atoms with E-state index in [2.05, 4.69) is 39.0 Å². The maximum absolute atomic E-state index is 5.95. The first-order chi connectivity index (χ1) is 15.9. The highest BCUT2D eigenvalue weighted by Crippen LogP contribution is 2.40. The van der Waals surface area contributed by atoms with Crippen LogP contribution >= 0.6 is 0 Å². The van der Waals surface area contributed by atoms with E-state index in [0.29, 0.717) is 11.9 Å². The monoisotopic (exact) mass is 433 g/mol. The van der Waals surface area contributed by atoms with Gasteiger partial charge >= 0.3 is 0 Å². The molecular weight excluding hydrogens is 394 g/mol. The molecule has 2 aliphatic carbocycles. The predicted molar refractivity (Wildman–Crippen MR) is 130 cm³/mol. The summed E-state index contributed by atoms with van der Waals surface area (Å²) in [4.78, 5) is 9.90. The molecule has 32 heavy (non-hydrogen) atoms. The third-order valence-electron chi connectivity index (χ3n) is 8.01. The van der Waals surface area contributed by atoms with Crippen molar-refractivity contribution in [3.8, 4) is 11.6 Å². The predicted octanol–water partition coefficient (Wildman–Crippen LogP) is 6.45. The lowest BCUT2D eigenvalue weighted by Crippen LogP contribution is -2.52. The van der Waals surface area contributed by atoms with Gasteiger partial charge in [-0.15, -0.1) is 0 Å². The molecule has 4 nitrogen and oxygen atoms in total. The van der Waals surface area contributed by atoms with Crippen LogP contribution in [0.4, 0.5) is 0 Å². The van der Waals surface area contributed by atoms with Crippen LogP contribution in [-0.4, -0.2) is 47.0 Å². The number of rotatable bonds is 6. The van der Waals surface area contributed by atoms with Gasteiger partial charge in [-0.1, -0.05) is 56.7 Å². The largest absolute Gasteiger partial charge is 0.439 e. The van der Waals surface area contributed by atoms with E-state index in [4.69, 9.17) is 4.74 Å². The van der Waals surface area contributed by atoms with Crippen molar-refractivity contribution in [2.75, 3.05) is 26.2 Å². The Morgan fingerprint density at radius 3 is 2.09 bits per heavy atom. The molecule has 2 heterocycles. The second kappa shape index (κ2) is 10.8. The van der Waals surface area contributed by atoms with Crippen molar-refractivity contribution in [2.24, 2.45) is 5.92 Å². The molecule has 2 aromatic rings. The number of nitrogens with zero attached hydrogens (tertiary/aromatic N) is 3. The number of pyridine rings is 1. The molecule has 172 valence electrons. The van der Waals surface area contributed by atoms with Crippen LogP contribution in [0.25, 0.3) is 0 Å². The molecule has 5 rings (SSSR count). The summed E-state index contributed by atoms with van der Waals surface area (Å²) in [7, 11) is 0. The van der Waals surface area contributed by atoms with E-state index in [9.17, 15) is 0 Å². The van der Waals surface area contributed by atoms with Gasteiger partial charge in [-0.25, -0.2) is 4.98 Å². The minimum Gasteiger partial charge on any atom is -0.439 e. The quantitative estimate of drug-likeness (QED) is 0.524. The fourth-order valence-electron chi connectivity index (χ4n) is 6.32. The van der Waals surface area contributed by atoms with Gasteiger partial charge in [0.2, 0.25) is 5.88 Å². The highest BCUT2D eigenvalue weighted by molar-refractivity contribution is 5.32. The number of benzene rings is 1. The van der Waals surface area contributed by atoms with Gasteiger partial charge in [0.05, 0.1) is 0 Å². The zero-order valence-corrected chi connectivity index (χ0v) is 19.5. The van der Waals surface area contributed by atoms with Crippen LogP contribution in [0.15, 0.2) is 48.7 Å². The number of piperazine rings is 1. The molecule has 1 unspecified atom stereocenters. The Morgan fingerprint density at radius 1 is 0.750 bits per heavy atom. The van der Waals surface area contributed by atoms with E-state index in [1.807, 2.05) is 18.2 Å².